The van der Waals surface area contributed by atoms with Crippen LogP contribution in [-0.2, 0) is 4.79 Å². The summed E-state index contributed by atoms with van der Waals surface area (Å²) in [5.41, 5.74) is 0. The van der Waals surface area contributed by atoms with Crippen molar-refractivity contribution in [2.24, 2.45) is 0 Å². The van der Waals surface area contributed by atoms with E-state index in [9.17, 15) is 13.6 Å². The number of aliphatic carboxylic acids is 1. The Bertz CT molecular complexity index is 337. The van der Waals surface area contributed by atoms with Crippen molar-refractivity contribution >= 4 is 5.97 Å². The van der Waals surface area contributed by atoms with Gasteiger partial charge in [-0.25, -0.2) is 0 Å². The van der Waals surface area contributed by atoms with Crippen LogP contribution in [0, 0.1) is 0 Å². The van der Waals surface area contributed by atoms with Crippen molar-refractivity contribution in [3.8, 4) is 11.5 Å². The van der Waals surface area contributed by atoms with Gasteiger partial charge in [0.15, 0.2) is 0 Å². The second kappa shape index (κ2) is 5.89. The molecule has 1 rings (SSSR count). The number of halogens is 2. The molecule has 1 N–H and O–H groups in total. The molecule has 0 aliphatic carbocycles. The Morgan fingerprint density at radius 2 is 1.81 bits per heavy atom. The van der Waals surface area contributed by atoms with E-state index in [1.807, 2.05) is 0 Å². The standard InChI is InChI=1S/C10H10F2O4/c11-10(12)16-8-3-1-7(2-4-8)15-6-5-9(13)14/h1-4,10H,5-6H2,(H,13,14). The number of carboxylic acids is 1. The van der Waals surface area contributed by atoms with Gasteiger partial charge in [-0.1, -0.05) is 0 Å². The van der Waals surface area contributed by atoms with Crippen LogP contribution in [0.1, 0.15) is 6.42 Å². The van der Waals surface area contributed by atoms with Gasteiger partial charge in [0.1, 0.15) is 11.5 Å². The van der Waals surface area contributed by atoms with Crippen LogP contribution in [0.25, 0.3) is 0 Å². The van der Waals surface area contributed by atoms with Gasteiger partial charge in [0, 0.05) is 0 Å². The topological polar surface area (TPSA) is 55.8 Å². The van der Waals surface area contributed by atoms with Crippen molar-refractivity contribution in [3.63, 3.8) is 0 Å². The molecule has 0 saturated carbocycles. The predicted molar refractivity (Wildman–Crippen MR) is 50.8 cm³/mol. The predicted octanol–water partition coefficient (Wildman–Crippen LogP) is 2.14. The molecule has 0 aromatic heterocycles. The van der Waals surface area contributed by atoms with Crippen molar-refractivity contribution in [1.29, 1.82) is 0 Å². The number of hydrogen-bond donors (Lipinski definition) is 1. The van der Waals surface area contributed by atoms with E-state index in [1.165, 1.54) is 24.3 Å². The molecule has 0 bridgehead atoms. The highest BCUT2D eigenvalue weighted by Crippen LogP contribution is 2.19. The molecule has 0 saturated heterocycles. The summed E-state index contributed by atoms with van der Waals surface area (Å²) in [6.07, 6.45) is -0.116. The molecule has 0 atom stereocenters. The Kier molecular flexibility index (Phi) is 4.50. The van der Waals surface area contributed by atoms with E-state index in [2.05, 4.69) is 4.74 Å². The number of carboxylic acid groups (broad SMARTS) is 1. The highest BCUT2D eigenvalue weighted by molar-refractivity contribution is 5.66. The van der Waals surface area contributed by atoms with Gasteiger partial charge in [0.05, 0.1) is 13.0 Å². The van der Waals surface area contributed by atoms with E-state index in [-0.39, 0.29) is 18.8 Å². The van der Waals surface area contributed by atoms with E-state index in [1.54, 1.807) is 0 Å². The monoisotopic (exact) mass is 232 g/mol. The van der Waals surface area contributed by atoms with Crippen LogP contribution in [0.3, 0.4) is 0 Å². The first-order valence-corrected chi connectivity index (χ1v) is 4.47. The summed E-state index contributed by atoms with van der Waals surface area (Å²) in [5, 5.41) is 8.35. The summed E-state index contributed by atoms with van der Waals surface area (Å²) in [4.78, 5) is 10.2. The zero-order valence-electron chi connectivity index (χ0n) is 8.23. The number of rotatable bonds is 6. The molecule has 0 aliphatic rings. The largest absolute Gasteiger partial charge is 0.493 e. The first-order chi connectivity index (χ1) is 7.58. The van der Waals surface area contributed by atoms with E-state index in [0.29, 0.717) is 5.75 Å². The summed E-state index contributed by atoms with van der Waals surface area (Å²) in [7, 11) is 0. The number of benzene rings is 1. The molecule has 0 heterocycles. The van der Waals surface area contributed by atoms with Gasteiger partial charge < -0.3 is 14.6 Å². The minimum atomic E-state index is -2.86. The third-order valence-electron chi connectivity index (χ3n) is 1.63. The first kappa shape index (κ1) is 12.2. The van der Waals surface area contributed by atoms with Crippen LogP contribution in [0.2, 0.25) is 0 Å². The first-order valence-electron chi connectivity index (χ1n) is 4.47. The summed E-state index contributed by atoms with van der Waals surface area (Å²) in [6, 6.07) is 5.50. The van der Waals surface area contributed by atoms with Crippen molar-refractivity contribution in [1.82, 2.24) is 0 Å². The van der Waals surface area contributed by atoms with Crippen molar-refractivity contribution in [2.45, 2.75) is 13.0 Å². The van der Waals surface area contributed by atoms with Crippen molar-refractivity contribution < 1.29 is 28.2 Å². The molecule has 1 aromatic rings. The maximum Gasteiger partial charge on any atom is 0.387 e. The third-order valence-corrected chi connectivity index (χ3v) is 1.63. The Hall–Kier alpha value is -1.85. The van der Waals surface area contributed by atoms with Gasteiger partial charge in [-0.05, 0) is 24.3 Å². The number of carbonyl (C=O) groups is 1. The zero-order chi connectivity index (χ0) is 12.0. The Morgan fingerprint density at radius 1 is 1.25 bits per heavy atom. The average Bonchev–Trinajstić information content (AvgIpc) is 2.19. The SMILES string of the molecule is O=C(O)CCOc1ccc(OC(F)F)cc1. The second-order valence-electron chi connectivity index (χ2n) is 2.84. The molecule has 0 radical (unpaired) electrons. The number of ether oxygens (including phenoxy) is 2. The summed E-state index contributed by atoms with van der Waals surface area (Å²) < 4.78 is 32.8. The van der Waals surface area contributed by atoms with Crippen LogP contribution < -0.4 is 9.47 Å². The van der Waals surface area contributed by atoms with Gasteiger partial charge in [-0.15, -0.1) is 0 Å². The molecule has 88 valence electrons. The molecule has 16 heavy (non-hydrogen) atoms. The van der Waals surface area contributed by atoms with Crippen LogP contribution in [0.15, 0.2) is 24.3 Å². The fourth-order valence-corrected chi connectivity index (χ4v) is 0.973. The van der Waals surface area contributed by atoms with Gasteiger partial charge in [0.2, 0.25) is 0 Å². The summed E-state index contributed by atoms with van der Waals surface area (Å²) in [6.45, 7) is -2.83. The second-order valence-corrected chi connectivity index (χ2v) is 2.84. The van der Waals surface area contributed by atoms with Crippen LogP contribution in [0.5, 0.6) is 11.5 Å². The fourth-order valence-electron chi connectivity index (χ4n) is 0.973. The third kappa shape index (κ3) is 4.59. The highest BCUT2D eigenvalue weighted by Gasteiger charge is 2.04. The van der Waals surface area contributed by atoms with Crippen LogP contribution in [-0.4, -0.2) is 24.3 Å². The Labute approximate surface area is 90.4 Å². The molecular formula is C10H10F2O4. The van der Waals surface area contributed by atoms with Crippen LogP contribution >= 0.6 is 0 Å². The van der Waals surface area contributed by atoms with Crippen molar-refractivity contribution in [2.75, 3.05) is 6.61 Å². The summed E-state index contributed by atoms with van der Waals surface area (Å²) in [5.74, 6) is -0.527. The fraction of sp³-hybridized carbons (Fsp3) is 0.300. The molecule has 0 aliphatic heterocycles. The molecular weight excluding hydrogens is 222 g/mol. The molecule has 0 amide bonds. The van der Waals surface area contributed by atoms with Gasteiger partial charge in [-0.2, -0.15) is 8.78 Å². The van der Waals surface area contributed by atoms with Crippen LogP contribution in [0.4, 0.5) is 8.78 Å². The minimum Gasteiger partial charge on any atom is -0.493 e. The molecule has 4 nitrogen and oxygen atoms in total. The molecule has 6 heteroatoms. The lowest BCUT2D eigenvalue weighted by molar-refractivity contribution is -0.137. The Balaban J connectivity index is 2.42. The van der Waals surface area contributed by atoms with Crippen molar-refractivity contribution in [3.05, 3.63) is 24.3 Å². The zero-order valence-corrected chi connectivity index (χ0v) is 8.23. The molecule has 0 fully saturated rings. The lowest BCUT2D eigenvalue weighted by atomic mass is 10.3. The van der Waals surface area contributed by atoms with Gasteiger partial charge in [0.25, 0.3) is 0 Å². The highest BCUT2D eigenvalue weighted by atomic mass is 19.3. The molecule has 0 spiro atoms. The minimum absolute atomic E-state index is 0.0283. The lowest BCUT2D eigenvalue weighted by Gasteiger charge is -2.06. The van der Waals surface area contributed by atoms with E-state index < -0.39 is 12.6 Å². The number of hydrogen-bond acceptors (Lipinski definition) is 3. The number of alkyl halides is 2. The van der Waals surface area contributed by atoms with E-state index in [4.69, 9.17) is 9.84 Å². The molecule has 0 unspecified atom stereocenters. The van der Waals surface area contributed by atoms with Gasteiger partial charge >= 0.3 is 12.6 Å². The average molecular weight is 232 g/mol. The summed E-state index contributed by atoms with van der Waals surface area (Å²) >= 11 is 0. The van der Waals surface area contributed by atoms with E-state index in [0.717, 1.165) is 0 Å². The molecule has 1 aromatic carbocycles. The van der Waals surface area contributed by atoms with E-state index >= 15 is 0 Å². The van der Waals surface area contributed by atoms with Gasteiger partial charge in [-0.3, -0.25) is 4.79 Å². The maximum absolute atomic E-state index is 11.8. The smallest absolute Gasteiger partial charge is 0.387 e. The Morgan fingerprint density at radius 3 is 2.31 bits per heavy atom. The maximum atomic E-state index is 11.8. The quantitative estimate of drug-likeness (QED) is 0.816. The normalized spacial score (nSPS) is 10.2. The lowest BCUT2D eigenvalue weighted by Crippen LogP contribution is -2.05.